The highest BCUT2D eigenvalue weighted by molar-refractivity contribution is 7.91. The lowest BCUT2D eigenvalue weighted by molar-refractivity contribution is 0.102. The molecule has 0 radical (unpaired) electrons. The quantitative estimate of drug-likeness (QED) is 0.822. The first kappa shape index (κ1) is 13.9. The highest BCUT2D eigenvalue weighted by Crippen LogP contribution is 2.21. The van der Waals surface area contributed by atoms with Crippen LogP contribution < -0.4 is 10.5 Å². The molecule has 3 N–H and O–H groups in total. The number of sulfonamides is 1. The number of primary sulfonamides is 1. The van der Waals surface area contributed by atoms with Crippen LogP contribution in [0.2, 0.25) is 5.02 Å². The summed E-state index contributed by atoms with van der Waals surface area (Å²) in [6.07, 6.45) is 0. The molecule has 1 aromatic carbocycles. The molecule has 0 saturated heterocycles. The lowest BCUT2D eigenvalue weighted by Crippen LogP contribution is -2.12. The lowest BCUT2D eigenvalue weighted by atomic mass is 10.2. The molecular weight excluding hydrogens is 312 g/mol. The molecule has 100 valence electrons. The van der Waals surface area contributed by atoms with Gasteiger partial charge in [-0.25, -0.2) is 13.6 Å². The van der Waals surface area contributed by atoms with E-state index in [0.717, 1.165) is 0 Å². The van der Waals surface area contributed by atoms with Gasteiger partial charge in [-0.3, -0.25) is 10.1 Å². The molecular formula is C9H7ClN4O3S2. The minimum absolute atomic E-state index is 0.0222. The molecule has 0 saturated carbocycles. The number of amides is 1. The number of carbonyl (C=O) groups excluding carboxylic acids is 1. The van der Waals surface area contributed by atoms with Crippen molar-refractivity contribution in [1.29, 1.82) is 0 Å². The molecule has 2 rings (SSSR count). The van der Waals surface area contributed by atoms with E-state index in [1.807, 2.05) is 0 Å². The Hall–Kier alpha value is -1.55. The maximum Gasteiger partial charge on any atom is 0.267 e. The summed E-state index contributed by atoms with van der Waals surface area (Å²) in [7, 11) is -3.92. The van der Waals surface area contributed by atoms with Gasteiger partial charge in [0.2, 0.25) is 9.47 Å². The molecule has 0 aliphatic heterocycles. The molecule has 0 atom stereocenters. The molecule has 0 bridgehead atoms. The summed E-state index contributed by atoms with van der Waals surface area (Å²) in [5, 5.41) is 14.4. The number of hydrogen-bond donors (Lipinski definition) is 2. The summed E-state index contributed by atoms with van der Waals surface area (Å²) in [5.74, 6) is -0.511. The van der Waals surface area contributed by atoms with Gasteiger partial charge in [0.25, 0.3) is 15.9 Å². The molecule has 0 fully saturated rings. The molecule has 0 aliphatic rings. The second-order valence-electron chi connectivity index (χ2n) is 3.35. The van der Waals surface area contributed by atoms with Crippen molar-refractivity contribution in [2.45, 2.75) is 4.34 Å². The number of hydrogen-bond acceptors (Lipinski definition) is 6. The first-order valence-electron chi connectivity index (χ1n) is 4.80. The predicted octanol–water partition coefficient (Wildman–Crippen LogP) is 1.09. The zero-order valence-electron chi connectivity index (χ0n) is 9.20. The van der Waals surface area contributed by atoms with E-state index in [1.165, 1.54) is 6.07 Å². The van der Waals surface area contributed by atoms with Crippen molar-refractivity contribution in [3.63, 3.8) is 0 Å². The average molecular weight is 319 g/mol. The van der Waals surface area contributed by atoms with Crippen molar-refractivity contribution in [2.75, 3.05) is 5.32 Å². The van der Waals surface area contributed by atoms with E-state index in [-0.39, 0.29) is 20.1 Å². The van der Waals surface area contributed by atoms with E-state index >= 15 is 0 Å². The van der Waals surface area contributed by atoms with Gasteiger partial charge in [0.15, 0.2) is 0 Å². The minimum atomic E-state index is -3.92. The van der Waals surface area contributed by atoms with Crippen LogP contribution in [-0.4, -0.2) is 24.5 Å². The van der Waals surface area contributed by atoms with Crippen LogP contribution >= 0.6 is 22.9 Å². The predicted molar refractivity (Wildman–Crippen MR) is 70.7 cm³/mol. The molecule has 7 nitrogen and oxygen atoms in total. The SMILES string of the molecule is NS(=O)(=O)c1nnc(NC(=O)c2ccccc2Cl)s1. The molecule has 2 aromatic rings. The van der Waals surface area contributed by atoms with Crippen LogP contribution in [0.5, 0.6) is 0 Å². The standard InChI is InChI=1S/C9H7ClN4O3S2/c10-6-4-2-1-3-5(6)7(15)12-8-13-14-9(18-8)19(11,16)17/h1-4H,(H2,11,16,17)(H,12,13,15). The Morgan fingerprint density at radius 2 is 2.00 bits per heavy atom. The highest BCUT2D eigenvalue weighted by Gasteiger charge is 2.17. The van der Waals surface area contributed by atoms with Crippen LogP contribution in [0.15, 0.2) is 28.6 Å². The Labute approximate surface area is 117 Å². The fraction of sp³-hybridized carbons (Fsp3) is 0. The zero-order chi connectivity index (χ0) is 14.0. The molecule has 0 aliphatic carbocycles. The number of halogens is 1. The second-order valence-corrected chi connectivity index (χ2v) is 6.47. The number of nitrogens with two attached hydrogens (primary N) is 1. The average Bonchev–Trinajstić information content (AvgIpc) is 2.77. The molecule has 0 spiro atoms. The largest absolute Gasteiger partial charge is 0.296 e. The van der Waals surface area contributed by atoms with E-state index in [1.54, 1.807) is 18.2 Å². The van der Waals surface area contributed by atoms with Crippen molar-refractivity contribution in [1.82, 2.24) is 10.2 Å². The van der Waals surface area contributed by atoms with Gasteiger partial charge in [0, 0.05) is 0 Å². The summed E-state index contributed by atoms with van der Waals surface area (Å²) < 4.78 is 21.6. The summed E-state index contributed by atoms with van der Waals surface area (Å²) in [4.78, 5) is 11.9. The van der Waals surface area contributed by atoms with Gasteiger partial charge in [-0.2, -0.15) is 0 Å². The monoisotopic (exact) mass is 318 g/mol. The van der Waals surface area contributed by atoms with Crippen molar-refractivity contribution < 1.29 is 13.2 Å². The summed E-state index contributed by atoms with van der Waals surface area (Å²) in [6.45, 7) is 0. The van der Waals surface area contributed by atoms with Crippen LogP contribution in [0.3, 0.4) is 0 Å². The fourth-order valence-corrected chi connectivity index (χ4v) is 2.74. The molecule has 1 aromatic heterocycles. The van der Waals surface area contributed by atoms with Gasteiger partial charge in [0.1, 0.15) is 0 Å². The van der Waals surface area contributed by atoms with E-state index in [0.29, 0.717) is 11.3 Å². The molecule has 10 heteroatoms. The maximum absolute atomic E-state index is 11.9. The Kier molecular flexibility index (Phi) is 3.80. The maximum atomic E-state index is 11.9. The number of carbonyl (C=O) groups is 1. The Morgan fingerprint density at radius 1 is 1.32 bits per heavy atom. The molecule has 1 heterocycles. The van der Waals surface area contributed by atoms with E-state index in [4.69, 9.17) is 16.7 Å². The summed E-state index contributed by atoms with van der Waals surface area (Å²) >= 11 is 6.51. The van der Waals surface area contributed by atoms with Crippen LogP contribution in [0.25, 0.3) is 0 Å². The summed E-state index contributed by atoms with van der Waals surface area (Å²) in [5.41, 5.74) is 0.247. The van der Waals surface area contributed by atoms with Crippen LogP contribution in [0.1, 0.15) is 10.4 Å². The third-order valence-electron chi connectivity index (χ3n) is 1.99. The Bertz CT molecular complexity index is 729. The first-order chi connectivity index (χ1) is 8.88. The topological polar surface area (TPSA) is 115 Å². The van der Waals surface area contributed by atoms with Crippen LogP contribution in [0.4, 0.5) is 5.13 Å². The fourth-order valence-electron chi connectivity index (χ4n) is 1.19. The van der Waals surface area contributed by atoms with Crippen LogP contribution in [0, 0.1) is 0 Å². The van der Waals surface area contributed by atoms with Gasteiger partial charge in [0.05, 0.1) is 10.6 Å². The third kappa shape index (κ3) is 3.26. The Balaban J connectivity index is 2.21. The van der Waals surface area contributed by atoms with Gasteiger partial charge in [-0.05, 0) is 12.1 Å². The first-order valence-corrected chi connectivity index (χ1v) is 7.54. The van der Waals surface area contributed by atoms with Gasteiger partial charge in [-0.1, -0.05) is 35.1 Å². The number of aromatic nitrogens is 2. The van der Waals surface area contributed by atoms with Crippen molar-refractivity contribution in [2.24, 2.45) is 5.14 Å². The van der Waals surface area contributed by atoms with Gasteiger partial charge < -0.3 is 0 Å². The molecule has 1 amide bonds. The molecule has 19 heavy (non-hydrogen) atoms. The zero-order valence-corrected chi connectivity index (χ0v) is 11.6. The van der Waals surface area contributed by atoms with Crippen LogP contribution in [-0.2, 0) is 10.0 Å². The van der Waals surface area contributed by atoms with E-state index in [9.17, 15) is 13.2 Å². The molecule has 0 unspecified atom stereocenters. The lowest BCUT2D eigenvalue weighted by Gasteiger charge is -2.02. The smallest absolute Gasteiger partial charge is 0.267 e. The third-order valence-corrected chi connectivity index (χ3v) is 4.47. The summed E-state index contributed by atoms with van der Waals surface area (Å²) in [6, 6.07) is 6.42. The number of nitrogens with one attached hydrogen (secondary N) is 1. The normalized spacial score (nSPS) is 11.3. The van der Waals surface area contributed by atoms with Crippen molar-refractivity contribution in [3.8, 4) is 0 Å². The number of rotatable bonds is 3. The van der Waals surface area contributed by atoms with E-state index < -0.39 is 15.9 Å². The van der Waals surface area contributed by atoms with Gasteiger partial charge in [-0.15, -0.1) is 10.2 Å². The number of benzene rings is 1. The highest BCUT2D eigenvalue weighted by atomic mass is 35.5. The van der Waals surface area contributed by atoms with Crippen molar-refractivity contribution >= 4 is 44.0 Å². The Morgan fingerprint density at radius 3 is 2.58 bits per heavy atom. The van der Waals surface area contributed by atoms with Crippen molar-refractivity contribution in [3.05, 3.63) is 34.9 Å². The number of nitrogens with zero attached hydrogens (tertiary/aromatic N) is 2. The van der Waals surface area contributed by atoms with E-state index in [2.05, 4.69) is 15.5 Å². The van der Waals surface area contributed by atoms with Gasteiger partial charge >= 0.3 is 0 Å². The number of anilines is 1. The minimum Gasteiger partial charge on any atom is -0.296 e. The second kappa shape index (κ2) is 5.21.